The van der Waals surface area contributed by atoms with Gasteiger partial charge in [0.25, 0.3) is 11.5 Å². The maximum absolute atomic E-state index is 13.2. The Morgan fingerprint density at radius 2 is 2.07 bits per heavy atom. The van der Waals surface area contributed by atoms with Gasteiger partial charge >= 0.3 is 0 Å². The summed E-state index contributed by atoms with van der Waals surface area (Å²) in [5.74, 6) is 0.115. The molecule has 144 valence electrons. The summed E-state index contributed by atoms with van der Waals surface area (Å²) < 4.78 is 0. The minimum atomic E-state index is -0.435. The Labute approximate surface area is 166 Å². The molecular weight excluding hydrogens is 366 g/mol. The van der Waals surface area contributed by atoms with Crippen molar-refractivity contribution in [2.45, 2.75) is 25.4 Å². The summed E-state index contributed by atoms with van der Waals surface area (Å²) in [6, 6.07) is 11.8. The Balaban J connectivity index is 1.43. The predicted molar refractivity (Wildman–Crippen MR) is 109 cm³/mol. The van der Waals surface area contributed by atoms with Gasteiger partial charge in [-0.25, -0.2) is 4.98 Å². The first kappa shape index (κ1) is 17.4. The third kappa shape index (κ3) is 3.42. The van der Waals surface area contributed by atoms with Crippen LogP contribution in [-0.2, 0) is 6.54 Å². The number of carbonyl (C=O) groups excluding carboxylic acids is 1. The van der Waals surface area contributed by atoms with Crippen LogP contribution in [0.15, 0.2) is 66.0 Å². The summed E-state index contributed by atoms with van der Waals surface area (Å²) in [5.41, 5.74) is 2.42. The second-order valence-electron chi connectivity index (χ2n) is 7.28. The van der Waals surface area contributed by atoms with Crippen molar-refractivity contribution in [1.29, 1.82) is 0 Å². The lowest BCUT2D eigenvalue weighted by atomic mass is 10.1. The van der Waals surface area contributed by atoms with Gasteiger partial charge in [-0.3, -0.25) is 14.6 Å². The van der Waals surface area contributed by atoms with E-state index in [1.54, 1.807) is 29.4 Å². The molecule has 1 saturated carbocycles. The Kier molecular flexibility index (Phi) is 4.20. The van der Waals surface area contributed by atoms with Crippen molar-refractivity contribution in [3.05, 3.63) is 82.7 Å². The van der Waals surface area contributed by atoms with Gasteiger partial charge in [0.1, 0.15) is 11.4 Å². The molecule has 1 aliphatic carbocycles. The van der Waals surface area contributed by atoms with Gasteiger partial charge in [-0.05, 0) is 54.1 Å². The molecule has 0 aliphatic heterocycles. The molecule has 5 rings (SSSR count). The lowest BCUT2D eigenvalue weighted by Crippen LogP contribution is -2.36. The summed E-state index contributed by atoms with van der Waals surface area (Å²) >= 11 is 0. The smallest absolute Gasteiger partial charge is 0.264 e. The Bertz CT molecular complexity index is 1240. The van der Waals surface area contributed by atoms with E-state index < -0.39 is 5.56 Å². The fraction of sp³-hybridized carbons (Fsp3) is 0.182. The van der Waals surface area contributed by atoms with Crippen LogP contribution in [-0.4, -0.2) is 36.8 Å². The number of pyridine rings is 1. The molecular formula is C22H19N5O2. The maximum atomic E-state index is 13.2. The second-order valence-corrected chi connectivity index (χ2v) is 7.28. The zero-order valence-electron chi connectivity index (χ0n) is 15.6. The minimum Gasteiger partial charge on any atom is -0.361 e. The van der Waals surface area contributed by atoms with Crippen LogP contribution in [0.2, 0.25) is 0 Å². The minimum absolute atomic E-state index is 0.0623. The van der Waals surface area contributed by atoms with E-state index in [2.05, 4.69) is 26.0 Å². The molecule has 0 spiro atoms. The molecule has 1 amide bonds. The number of aromatic nitrogens is 4. The molecule has 0 unspecified atom stereocenters. The number of hydrogen-bond donors (Lipinski definition) is 2. The first-order valence-corrected chi connectivity index (χ1v) is 9.56. The van der Waals surface area contributed by atoms with Crippen molar-refractivity contribution in [2.75, 3.05) is 0 Å². The van der Waals surface area contributed by atoms with Crippen molar-refractivity contribution < 1.29 is 4.79 Å². The third-order valence-corrected chi connectivity index (χ3v) is 5.18. The van der Waals surface area contributed by atoms with Crippen LogP contribution >= 0.6 is 0 Å². The number of nitrogens with zero attached hydrogens (tertiary/aromatic N) is 3. The molecule has 29 heavy (non-hydrogen) atoms. The molecule has 0 saturated heterocycles. The predicted octanol–water partition coefficient (Wildman–Crippen LogP) is 3.12. The average molecular weight is 385 g/mol. The highest BCUT2D eigenvalue weighted by atomic mass is 16.2. The third-order valence-electron chi connectivity index (χ3n) is 5.18. The van der Waals surface area contributed by atoms with Gasteiger partial charge in [-0.15, -0.1) is 0 Å². The SMILES string of the molecule is O=C(c1cnc(-c2cccnc2)[nH]c1=O)N(Cc1ccc2[nH]ccc2c1)C1CC1. The number of nitrogens with one attached hydrogen (secondary N) is 2. The molecule has 7 heteroatoms. The van der Waals surface area contributed by atoms with E-state index in [1.807, 2.05) is 24.4 Å². The molecule has 0 atom stereocenters. The van der Waals surface area contributed by atoms with Gasteiger partial charge in [0.2, 0.25) is 0 Å². The van der Waals surface area contributed by atoms with Crippen LogP contribution in [0.5, 0.6) is 0 Å². The standard InChI is InChI=1S/C22H19N5O2/c28-21-18(12-25-20(26-21)16-2-1-8-23-11-16)22(29)27(17-4-5-17)13-14-3-6-19-15(10-14)7-9-24-19/h1-3,6-12,17,24H,4-5,13H2,(H,25,26,28). The lowest BCUT2D eigenvalue weighted by molar-refractivity contribution is 0.0727. The number of carbonyl (C=O) groups is 1. The van der Waals surface area contributed by atoms with Crippen molar-refractivity contribution in [3.63, 3.8) is 0 Å². The number of aromatic amines is 2. The summed E-state index contributed by atoms with van der Waals surface area (Å²) in [5, 5.41) is 1.10. The Morgan fingerprint density at radius 3 is 2.83 bits per heavy atom. The van der Waals surface area contributed by atoms with Crippen molar-refractivity contribution in [3.8, 4) is 11.4 Å². The first-order valence-electron chi connectivity index (χ1n) is 9.56. The maximum Gasteiger partial charge on any atom is 0.264 e. The number of H-pyrrole nitrogens is 2. The topological polar surface area (TPSA) is 94.7 Å². The summed E-state index contributed by atoms with van der Waals surface area (Å²) in [7, 11) is 0. The molecule has 3 aromatic heterocycles. The molecule has 7 nitrogen and oxygen atoms in total. The highest BCUT2D eigenvalue weighted by Gasteiger charge is 2.34. The Hall–Kier alpha value is -3.74. The van der Waals surface area contributed by atoms with E-state index in [-0.39, 0.29) is 17.5 Å². The van der Waals surface area contributed by atoms with E-state index >= 15 is 0 Å². The van der Waals surface area contributed by atoms with Crippen LogP contribution in [0.4, 0.5) is 0 Å². The molecule has 0 bridgehead atoms. The van der Waals surface area contributed by atoms with E-state index in [0.29, 0.717) is 17.9 Å². The van der Waals surface area contributed by atoms with Crippen molar-refractivity contribution in [2.24, 2.45) is 0 Å². The summed E-state index contributed by atoms with van der Waals surface area (Å²) in [6.45, 7) is 0.467. The van der Waals surface area contributed by atoms with Crippen LogP contribution in [0, 0.1) is 0 Å². The largest absolute Gasteiger partial charge is 0.361 e. The van der Waals surface area contributed by atoms with E-state index in [0.717, 1.165) is 29.3 Å². The van der Waals surface area contributed by atoms with Crippen molar-refractivity contribution in [1.82, 2.24) is 24.8 Å². The second kappa shape index (κ2) is 7.01. The zero-order chi connectivity index (χ0) is 19.8. The number of amides is 1. The quantitative estimate of drug-likeness (QED) is 0.552. The summed E-state index contributed by atoms with van der Waals surface area (Å²) in [6.07, 6.45) is 8.45. The van der Waals surface area contributed by atoms with Gasteiger partial charge in [-0.1, -0.05) is 6.07 Å². The number of hydrogen-bond acceptors (Lipinski definition) is 4. The molecule has 0 radical (unpaired) electrons. The molecule has 2 N–H and O–H groups in total. The molecule has 4 aromatic rings. The molecule has 1 fully saturated rings. The van der Waals surface area contributed by atoms with Gasteiger partial charge < -0.3 is 14.9 Å². The normalized spacial score (nSPS) is 13.5. The number of rotatable bonds is 5. The monoisotopic (exact) mass is 385 g/mol. The van der Waals surface area contributed by atoms with Crippen LogP contribution < -0.4 is 5.56 Å². The number of benzene rings is 1. The highest BCUT2D eigenvalue weighted by Crippen LogP contribution is 2.30. The molecule has 1 aromatic carbocycles. The summed E-state index contributed by atoms with van der Waals surface area (Å²) in [4.78, 5) is 41.8. The van der Waals surface area contributed by atoms with Gasteiger partial charge in [0.15, 0.2) is 0 Å². The van der Waals surface area contributed by atoms with Gasteiger partial charge in [-0.2, -0.15) is 0 Å². The average Bonchev–Trinajstić information content (AvgIpc) is 3.49. The zero-order valence-corrected chi connectivity index (χ0v) is 15.6. The van der Waals surface area contributed by atoms with Gasteiger partial charge in [0.05, 0.1) is 0 Å². The van der Waals surface area contributed by atoms with E-state index in [9.17, 15) is 9.59 Å². The van der Waals surface area contributed by atoms with Crippen LogP contribution in [0.25, 0.3) is 22.3 Å². The molecule has 1 aliphatic rings. The Morgan fingerprint density at radius 1 is 1.17 bits per heavy atom. The van der Waals surface area contributed by atoms with E-state index in [1.165, 1.54) is 6.20 Å². The highest BCUT2D eigenvalue weighted by molar-refractivity contribution is 5.94. The van der Waals surface area contributed by atoms with Gasteiger partial charge in [0, 0.05) is 48.5 Å². The number of fused-ring (bicyclic) bond motifs is 1. The fourth-order valence-corrected chi connectivity index (χ4v) is 3.50. The first-order chi connectivity index (χ1) is 14.2. The van der Waals surface area contributed by atoms with Crippen molar-refractivity contribution >= 4 is 16.8 Å². The van der Waals surface area contributed by atoms with Crippen LogP contribution in [0.3, 0.4) is 0 Å². The molecule has 3 heterocycles. The van der Waals surface area contributed by atoms with E-state index in [4.69, 9.17) is 0 Å². The lowest BCUT2D eigenvalue weighted by Gasteiger charge is -2.22. The van der Waals surface area contributed by atoms with Crippen LogP contribution in [0.1, 0.15) is 28.8 Å². The fourth-order valence-electron chi connectivity index (χ4n) is 3.50.